The van der Waals surface area contributed by atoms with Crippen molar-refractivity contribution in [2.75, 3.05) is 25.6 Å². The van der Waals surface area contributed by atoms with Gasteiger partial charge in [-0.15, -0.1) is 0 Å². The van der Waals surface area contributed by atoms with Crippen molar-refractivity contribution in [2.45, 2.75) is 25.8 Å². The summed E-state index contributed by atoms with van der Waals surface area (Å²) in [5, 5.41) is 5.36. The van der Waals surface area contributed by atoms with Crippen LogP contribution in [0.1, 0.15) is 20.3 Å². The molecule has 0 radical (unpaired) electrons. The van der Waals surface area contributed by atoms with Crippen molar-refractivity contribution in [1.82, 2.24) is 10.2 Å². The normalized spacial score (nSPS) is 15.3. The Morgan fingerprint density at radius 3 is 2.56 bits per heavy atom. The number of amides is 4. The van der Waals surface area contributed by atoms with Crippen LogP contribution in [-0.4, -0.2) is 54.5 Å². The van der Waals surface area contributed by atoms with Crippen LogP contribution in [0.3, 0.4) is 0 Å². The number of carbonyl (C=O) groups is 4. The lowest BCUT2D eigenvalue weighted by Gasteiger charge is -2.15. The third kappa shape index (κ3) is 5.10. The average molecular weight is 398 g/mol. The van der Waals surface area contributed by atoms with Gasteiger partial charge in [0.1, 0.15) is 11.3 Å². The number of hydrogen-bond donors (Lipinski definition) is 2. The van der Waals surface area contributed by atoms with Crippen molar-refractivity contribution in [1.29, 1.82) is 0 Å². The third-order valence-corrected chi connectivity index (χ3v) is 4.08. The van der Waals surface area contributed by atoms with E-state index >= 15 is 0 Å². The van der Waals surface area contributed by atoms with Gasteiger partial charge in [0.15, 0.2) is 6.61 Å². The second kappa shape index (κ2) is 8.26. The molecule has 1 aromatic rings. The molecule has 1 aromatic carbocycles. The summed E-state index contributed by atoms with van der Waals surface area (Å²) < 4.78 is 9.87. The summed E-state index contributed by atoms with van der Waals surface area (Å²) in [6.45, 7) is 2.51. The van der Waals surface area contributed by atoms with Gasteiger partial charge in [0.2, 0.25) is 0 Å². The maximum Gasteiger partial charge on any atom is 0.325 e. The summed E-state index contributed by atoms with van der Waals surface area (Å²) in [5.41, 5.74) is -0.580. The first-order valence-corrected chi connectivity index (χ1v) is 8.45. The summed E-state index contributed by atoms with van der Waals surface area (Å²) in [4.78, 5) is 48.3. The van der Waals surface area contributed by atoms with Crippen LogP contribution in [0.15, 0.2) is 18.2 Å². The summed E-state index contributed by atoms with van der Waals surface area (Å²) in [6.07, 6.45) is -0.211. The van der Waals surface area contributed by atoms with E-state index < -0.39 is 36.0 Å². The van der Waals surface area contributed by atoms with E-state index in [1.54, 1.807) is 26.0 Å². The zero-order valence-corrected chi connectivity index (χ0v) is 15.9. The molecule has 9 nitrogen and oxygen atoms in total. The van der Waals surface area contributed by atoms with E-state index in [1.807, 2.05) is 0 Å². The van der Waals surface area contributed by atoms with E-state index in [2.05, 4.69) is 10.6 Å². The van der Waals surface area contributed by atoms with Crippen molar-refractivity contribution in [2.24, 2.45) is 0 Å². The molecular weight excluding hydrogens is 378 g/mol. The zero-order valence-electron chi connectivity index (χ0n) is 15.1. The van der Waals surface area contributed by atoms with Crippen LogP contribution in [0.25, 0.3) is 0 Å². The number of carbonyl (C=O) groups excluding carboxylic acids is 4. The first kappa shape index (κ1) is 20.5. The fraction of sp³-hybridized carbons (Fsp3) is 0.412. The maximum atomic E-state index is 12.0. The van der Waals surface area contributed by atoms with Gasteiger partial charge in [-0.25, -0.2) is 4.79 Å². The van der Waals surface area contributed by atoms with Crippen molar-refractivity contribution >= 4 is 41.1 Å². The van der Waals surface area contributed by atoms with Gasteiger partial charge in [0, 0.05) is 12.2 Å². The molecule has 2 rings (SSSR count). The fourth-order valence-electron chi connectivity index (χ4n) is 2.38. The predicted octanol–water partition coefficient (Wildman–Crippen LogP) is 1.55. The van der Waals surface area contributed by atoms with Gasteiger partial charge < -0.3 is 20.1 Å². The number of nitrogens with zero attached hydrogens (tertiary/aromatic N) is 1. The standard InChI is InChI=1S/C17H20ClN3O6/c1-17(2)15(24)21(16(25)20-17)7-6-14(23)27-9-13(22)19-10-4-5-12(26-3)11(18)8-10/h4-5,8H,6-7,9H2,1-3H3,(H,19,22)(H,20,25). The first-order valence-electron chi connectivity index (χ1n) is 8.07. The summed E-state index contributed by atoms with van der Waals surface area (Å²) in [7, 11) is 1.47. The molecule has 0 aliphatic carbocycles. The smallest absolute Gasteiger partial charge is 0.325 e. The summed E-state index contributed by atoms with van der Waals surface area (Å²) in [5.74, 6) is -1.22. The third-order valence-electron chi connectivity index (χ3n) is 3.78. The Bertz CT molecular complexity index is 780. The molecule has 0 atom stereocenters. The highest BCUT2D eigenvalue weighted by atomic mass is 35.5. The van der Waals surface area contributed by atoms with Gasteiger partial charge >= 0.3 is 12.0 Å². The van der Waals surface area contributed by atoms with E-state index in [4.69, 9.17) is 21.1 Å². The number of methoxy groups -OCH3 is 1. The lowest BCUT2D eigenvalue weighted by Crippen LogP contribution is -2.40. The van der Waals surface area contributed by atoms with Crippen LogP contribution < -0.4 is 15.4 Å². The highest BCUT2D eigenvalue weighted by Gasteiger charge is 2.44. The molecule has 146 valence electrons. The minimum Gasteiger partial charge on any atom is -0.495 e. The number of rotatable bonds is 7. The molecule has 1 aliphatic rings. The second-order valence-electron chi connectivity index (χ2n) is 6.32. The number of nitrogens with one attached hydrogen (secondary N) is 2. The molecule has 0 spiro atoms. The highest BCUT2D eigenvalue weighted by Crippen LogP contribution is 2.27. The summed E-state index contributed by atoms with van der Waals surface area (Å²) >= 11 is 5.96. The Labute approximate surface area is 160 Å². The Kier molecular flexibility index (Phi) is 6.27. The lowest BCUT2D eigenvalue weighted by molar-refractivity contribution is -0.147. The van der Waals surface area contributed by atoms with Gasteiger partial charge in [0.25, 0.3) is 11.8 Å². The van der Waals surface area contributed by atoms with E-state index in [-0.39, 0.29) is 13.0 Å². The van der Waals surface area contributed by atoms with E-state index in [9.17, 15) is 19.2 Å². The van der Waals surface area contributed by atoms with Gasteiger partial charge in [-0.3, -0.25) is 19.3 Å². The highest BCUT2D eigenvalue weighted by molar-refractivity contribution is 6.32. The molecule has 0 bridgehead atoms. The number of imide groups is 1. The van der Waals surface area contributed by atoms with Gasteiger partial charge in [-0.1, -0.05) is 11.6 Å². The molecule has 0 unspecified atom stereocenters. The number of hydrogen-bond acceptors (Lipinski definition) is 6. The predicted molar refractivity (Wildman–Crippen MR) is 96.5 cm³/mol. The number of benzene rings is 1. The molecule has 1 fully saturated rings. The molecule has 1 heterocycles. The van der Waals surface area contributed by atoms with E-state index in [0.29, 0.717) is 16.5 Å². The summed E-state index contributed by atoms with van der Waals surface area (Å²) in [6, 6.07) is 4.11. The van der Waals surface area contributed by atoms with Crippen LogP contribution in [0.5, 0.6) is 5.75 Å². The molecule has 0 saturated carbocycles. The number of urea groups is 1. The van der Waals surface area contributed by atoms with Crippen LogP contribution in [0, 0.1) is 0 Å². The Balaban J connectivity index is 1.77. The van der Waals surface area contributed by atoms with Crippen LogP contribution in [-0.2, 0) is 19.1 Å². The van der Waals surface area contributed by atoms with Gasteiger partial charge in [-0.2, -0.15) is 0 Å². The SMILES string of the molecule is COc1ccc(NC(=O)COC(=O)CCN2C(=O)NC(C)(C)C2=O)cc1Cl. The molecule has 4 amide bonds. The topological polar surface area (TPSA) is 114 Å². The van der Waals surface area contributed by atoms with Crippen molar-refractivity contribution in [3.8, 4) is 5.75 Å². The van der Waals surface area contributed by atoms with E-state index in [1.165, 1.54) is 13.2 Å². The molecule has 1 aliphatic heterocycles. The molecular formula is C17H20ClN3O6. The Hall–Kier alpha value is -2.81. The van der Waals surface area contributed by atoms with Crippen LogP contribution in [0.4, 0.5) is 10.5 Å². The van der Waals surface area contributed by atoms with Crippen molar-refractivity contribution in [3.63, 3.8) is 0 Å². The van der Waals surface area contributed by atoms with Crippen molar-refractivity contribution in [3.05, 3.63) is 23.2 Å². The molecule has 1 saturated heterocycles. The minimum atomic E-state index is -0.999. The number of esters is 1. The number of ether oxygens (including phenoxy) is 2. The Morgan fingerprint density at radius 2 is 2.00 bits per heavy atom. The first-order chi connectivity index (χ1) is 12.6. The van der Waals surface area contributed by atoms with Crippen LogP contribution >= 0.6 is 11.6 Å². The minimum absolute atomic E-state index is 0.122. The average Bonchev–Trinajstić information content (AvgIpc) is 2.79. The van der Waals surface area contributed by atoms with E-state index in [0.717, 1.165) is 4.90 Å². The number of halogens is 1. The van der Waals surface area contributed by atoms with Crippen LogP contribution in [0.2, 0.25) is 5.02 Å². The monoisotopic (exact) mass is 397 g/mol. The zero-order chi connectivity index (χ0) is 20.2. The lowest BCUT2D eigenvalue weighted by atomic mass is 10.1. The largest absolute Gasteiger partial charge is 0.495 e. The second-order valence-corrected chi connectivity index (χ2v) is 6.73. The molecule has 10 heteroatoms. The van der Waals surface area contributed by atoms with Crippen molar-refractivity contribution < 1.29 is 28.7 Å². The van der Waals surface area contributed by atoms with Gasteiger partial charge in [0.05, 0.1) is 18.6 Å². The quantitative estimate of drug-likeness (QED) is 0.533. The van der Waals surface area contributed by atoms with Gasteiger partial charge in [-0.05, 0) is 32.0 Å². The molecule has 0 aromatic heterocycles. The molecule has 27 heavy (non-hydrogen) atoms. The Morgan fingerprint density at radius 1 is 1.30 bits per heavy atom. The fourth-order valence-corrected chi connectivity index (χ4v) is 2.64. The number of anilines is 1. The molecule has 2 N–H and O–H groups in total. The maximum absolute atomic E-state index is 12.0.